The average molecular weight is 162 g/mol. The third kappa shape index (κ3) is 0.972. The lowest BCUT2D eigenvalue weighted by molar-refractivity contribution is 0.557. The van der Waals surface area contributed by atoms with Gasteiger partial charge >= 0.3 is 0 Å². The topological polar surface area (TPSA) is 0 Å². The van der Waals surface area contributed by atoms with Crippen molar-refractivity contribution in [1.29, 1.82) is 0 Å². The first-order valence-electron chi connectivity index (χ1n) is 4.82. The van der Waals surface area contributed by atoms with E-state index in [-0.39, 0.29) is 0 Å². The highest BCUT2D eigenvalue weighted by molar-refractivity contribution is 5.35. The third-order valence-corrected chi connectivity index (χ3v) is 3.60. The van der Waals surface area contributed by atoms with Crippen molar-refractivity contribution in [2.45, 2.75) is 40.5 Å². The fraction of sp³-hybridized carbons (Fsp3) is 0.667. The molecular formula is C12H18. The van der Waals surface area contributed by atoms with Gasteiger partial charge in [0.1, 0.15) is 0 Å². The van der Waals surface area contributed by atoms with Crippen molar-refractivity contribution in [2.24, 2.45) is 10.8 Å². The minimum atomic E-state index is 0.481. The van der Waals surface area contributed by atoms with Crippen molar-refractivity contribution in [2.75, 3.05) is 0 Å². The zero-order chi connectivity index (χ0) is 8.98. The molecule has 0 N–H and O–H groups in total. The molecule has 0 spiro atoms. The number of fused-ring (bicyclic) bond motifs is 1. The predicted molar refractivity (Wildman–Crippen MR) is 53.0 cm³/mol. The van der Waals surface area contributed by atoms with Gasteiger partial charge in [-0.15, -0.1) is 0 Å². The van der Waals surface area contributed by atoms with Crippen LogP contribution in [0.2, 0.25) is 0 Å². The van der Waals surface area contributed by atoms with Gasteiger partial charge < -0.3 is 0 Å². The highest BCUT2D eigenvalue weighted by Gasteiger charge is 2.58. The lowest BCUT2D eigenvalue weighted by atomic mass is 9.95. The Hall–Kier alpha value is -0.520. The van der Waals surface area contributed by atoms with Gasteiger partial charge in [0.2, 0.25) is 0 Å². The molecule has 0 bridgehead atoms. The summed E-state index contributed by atoms with van der Waals surface area (Å²) in [6.45, 7) is 9.27. The molecule has 0 aromatic rings. The quantitative estimate of drug-likeness (QED) is 0.476. The Morgan fingerprint density at radius 3 is 1.83 bits per heavy atom. The number of hydrogen-bond donors (Lipinski definition) is 0. The maximum atomic E-state index is 2.49. The second kappa shape index (κ2) is 2.04. The predicted octanol–water partition coefficient (Wildman–Crippen LogP) is 3.70. The summed E-state index contributed by atoms with van der Waals surface area (Å²) in [4.78, 5) is 0. The minimum Gasteiger partial charge on any atom is -0.0784 e. The maximum Gasteiger partial charge on any atom is -0.00467 e. The molecule has 1 saturated carbocycles. The summed E-state index contributed by atoms with van der Waals surface area (Å²) in [6, 6.07) is 0. The van der Waals surface area contributed by atoms with E-state index in [0.717, 1.165) is 0 Å². The van der Waals surface area contributed by atoms with Crippen molar-refractivity contribution < 1.29 is 0 Å². The molecule has 0 aromatic heterocycles. The monoisotopic (exact) mass is 162 g/mol. The smallest absolute Gasteiger partial charge is 0.00467 e. The zero-order valence-electron chi connectivity index (χ0n) is 8.57. The number of rotatable bonds is 0. The summed E-state index contributed by atoms with van der Waals surface area (Å²) in [7, 11) is 0. The van der Waals surface area contributed by atoms with Crippen LogP contribution in [0.15, 0.2) is 23.3 Å². The standard InChI is InChI=1S/C12H18/c1-9-5-10(2)7-12(4)8-11(12,3)6-9/h6-7H,5,8H2,1-4H3. The van der Waals surface area contributed by atoms with E-state index in [1.807, 2.05) is 0 Å². The minimum absolute atomic E-state index is 0.481. The molecule has 2 unspecified atom stereocenters. The van der Waals surface area contributed by atoms with Gasteiger partial charge in [0.25, 0.3) is 0 Å². The van der Waals surface area contributed by atoms with Gasteiger partial charge in [-0.25, -0.2) is 0 Å². The molecule has 2 rings (SSSR count). The molecule has 0 heteroatoms. The van der Waals surface area contributed by atoms with Gasteiger partial charge in [-0.3, -0.25) is 0 Å². The van der Waals surface area contributed by atoms with Crippen LogP contribution in [0.3, 0.4) is 0 Å². The summed E-state index contributed by atoms with van der Waals surface area (Å²) in [5.74, 6) is 0. The molecule has 1 fully saturated rings. The molecule has 0 amide bonds. The van der Waals surface area contributed by atoms with E-state index in [1.54, 1.807) is 11.1 Å². The van der Waals surface area contributed by atoms with Gasteiger partial charge in [0, 0.05) is 0 Å². The highest BCUT2D eigenvalue weighted by atomic mass is 14.6. The van der Waals surface area contributed by atoms with Gasteiger partial charge in [0.15, 0.2) is 0 Å². The summed E-state index contributed by atoms with van der Waals surface area (Å²) in [6.07, 6.45) is 7.50. The second-order valence-corrected chi connectivity index (χ2v) is 5.17. The Kier molecular flexibility index (Phi) is 1.38. The van der Waals surface area contributed by atoms with Gasteiger partial charge in [-0.05, 0) is 37.5 Å². The van der Waals surface area contributed by atoms with Gasteiger partial charge in [0.05, 0.1) is 0 Å². The highest BCUT2D eigenvalue weighted by Crippen LogP contribution is 2.67. The van der Waals surface area contributed by atoms with E-state index in [4.69, 9.17) is 0 Å². The molecule has 2 aliphatic carbocycles. The summed E-state index contributed by atoms with van der Waals surface area (Å²) in [5, 5.41) is 0. The molecule has 0 heterocycles. The van der Waals surface area contributed by atoms with Crippen LogP contribution in [-0.4, -0.2) is 0 Å². The molecule has 0 radical (unpaired) electrons. The summed E-state index contributed by atoms with van der Waals surface area (Å²) in [5.41, 5.74) is 4.06. The molecule has 2 atom stereocenters. The van der Waals surface area contributed by atoms with Crippen molar-refractivity contribution >= 4 is 0 Å². The summed E-state index contributed by atoms with van der Waals surface area (Å²) < 4.78 is 0. The van der Waals surface area contributed by atoms with Crippen molar-refractivity contribution in [3.63, 3.8) is 0 Å². The van der Waals surface area contributed by atoms with Crippen LogP contribution in [0.4, 0.5) is 0 Å². The SMILES string of the molecule is CC1=CC2(C)CC2(C)C=C(C)C1. The molecule has 0 nitrogen and oxygen atoms in total. The fourth-order valence-electron chi connectivity index (χ4n) is 2.78. The Morgan fingerprint density at radius 1 is 1.00 bits per heavy atom. The molecule has 0 saturated heterocycles. The largest absolute Gasteiger partial charge is 0.0784 e. The Bertz CT molecular complexity index is 254. The van der Waals surface area contributed by atoms with Crippen molar-refractivity contribution in [3.05, 3.63) is 23.3 Å². The molecule has 2 aliphatic rings. The maximum absolute atomic E-state index is 2.49. The Labute approximate surface area is 75.4 Å². The fourth-order valence-corrected chi connectivity index (χ4v) is 2.78. The van der Waals surface area contributed by atoms with Crippen LogP contribution < -0.4 is 0 Å². The first-order valence-corrected chi connectivity index (χ1v) is 4.82. The van der Waals surface area contributed by atoms with Crippen molar-refractivity contribution in [1.82, 2.24) is 0 Å². The Balaban J connectivity index is 2.42. The number of hydrogen-bond acceptors (Lipinski definition) is 0. The summed E-state index contributed by atoms with van der Waals surface area (Å²) >= 11 is 0. The van der Waals surface area contributed by atoms with Gasteiger partial charge in [-0.1, -0.05) is 37.1 Å². The molecule has 0 aromatic carbocycles. The molecule has 12 heavy (non-hydrogen) atoms. The van der Waals surface area contributed by atoms with Crippen LogP contribution in [0, 0.1) is 10.8 Å². The molecule has 0 aliphatic heterocycles. The Morgan fingerprint density at radius 2 is 1.42 bits per heavy atom. The first kappa shape index (κ1) is 8.10. The van der Waals surface area contributed by atoms with Crippen LogP contribution in [-0.2, 0) is 0 Å². The lowest BCUT2D eigenvalue weighted by Crippen LogP contribution is -2.00. The van der Waals surface area contributed by atoms with E-state index in [0.29, 0.717) is 10.8 Å². The van der Waals surface area contributed by atoms with E-state index in [1.165, 1.54) is 12.8 Å². The first-order chi connectivity index (χ1) is 5.45. The van der Waals surface area contributed by atoms with Crippen LogP contribution in [0.5, 0.6) is 0 Å². The number of allylic oxidation sites excluding steroid dienone is 4. The zero-order valence-corrected chi connectivity index (χ0v) is 8.57. The van der Waals surface area contributed by atoms with E-state index in [2.05, 4.69) is 39.8 Å². The van der Waals surface area contributed by atoms with Crippen LogP contribution >= 0.6 is 0 Å². The average Bonchev–Trinajstić information content (AvgIpc) is 2.29. The van der Waals surface area contributed by atoms with Crippen molar-refractivity contribution in [3.8, 4) is 0 Å². The van der Waals surface area contributed by atoms with E-state index >= 15 is 0 Å². The molecular weight excluding hydrogens is 144 g/mol. The van der Waals surface area contributed by atoms with Gasteiger partial charge in [-0.2, -0.15) is 0 Å². The van der Waals surface area contributed by atoms with E-state index in [9.17, 15) is 0 Å². The van der Waals surface area contributed by atoms with Crippen LogP contribution in [0.1, 0.15) is 40.5 Å². The molecule has 66 valence electrons. The van der Waals surface area contributed by atoms with Crippen LogP contribution in [0.25, 0.3) is 0 Å². The van der Waals surface area contributed by atoms with E-state index < -0.39 is 0 Å². The lowest BCUT2D eigenvalue weighted by Gasteiger charge is -2.09. The third-order valence-electron chi connectivity index (χ3n) is 3.60. The second-order valence-electron chi connectivity index (χ2n) is 5.17. The normalized spacial score (nSPS) is 45.7.